The van der Waals surface area contributed by atoms with E-state index in [2.05, 4.69) is 20.7 Å². The first-order chi connectivity index (χ1) is 9.95. The van der Waals surface area contributed by atoms with E-state index in [4.69, 9.17) is 5.84 Å². The first kappa shape index (κ1) is 15.0. The Kier molecular flexibility index (Phi) is 4.27. The number of hydrazine groups is 1. The molecule has 0 bridgehead atoms. The van der Waals surface area contributed by atoms with Crippen LogP contribution in [0.2, 0.25) is 0 Å². The van der Waals surface area contributed by atoms with Crippen molar-refractivity contribution in [2.24, 2.45) is 5.84 Å². The molecule has 0 saturated carbocycles. The summed E-state index contributed by atoms with van der Waals surface area (Å²) in [6.07, 6.45) is -2.41. The van der Waals surface area contributed by atoms with Crippen molar-refractivity contribution >= 4 is 17.3 Å². The van der Waals surface area contributed by atoms with E-state index < -0.39 is 11.7 Å². The molecular formula is C13H14F3N5. The van der Waals surface area contributed by atoms with Crippen LogP contribution in [-0.4, -0.2) is 9.97 Å². The van der Waals surface area contributed by atoms with E-state index in [1.54, 1.807) is 0 Å². The van der Waals surface area contributed by atoms with Crippen molar-refractivity contribution in [2.75, 3.05) is 10.7 Å². The van der Waals surface area contributed by atoms with Gasteiger partial charge in [-0.05, 0) is 30.7 Å². The Labute approximate surface area is 119 Å². The topological polar surface area (TPSA) is 75.9 Å². The molecule has 2 rings (SSSR count). The van der Waals surface area contributed by atoms with E-state index in [1.165, 1.54) is 18.5 Å². The summed E-state index contributed by atoms with van der Waals surface area (Å²) in [5.74, 6) is 6.34. The number of nitrogens with one attached hydrogen (secondary N) is 2. The molecule has 4 N–H and O–H groups in total. The van der Waals surface area contributed by atoms with Crippen LogP contribution in [0.4, 0.5) is 30.5 Å². The molecular weight excluding hydrogens is 283 g/mol. The van der Waals surface area contributed by atoms with Crippen molar-refractivity contribution in [1.82, 2.24) is 9.97 Å². The predicted octanol–water partition coefficient (Wildman–Crippen LogP) is 3.09. The number of halogens is 3. The van der Waals surface area contributed by atoms with Crippen LogP contribution in [0.5, 0.6) is 0 Å². The zero-order valence-electron chi connectivity index (χ0n) is 11.2. The summed E-state index contributed by atoms with van der Waals surface area (Å²) in [6.45, 7) is 1.90. The summed E-state index contributed by atoms with van der Waals surface area (Å²) in [6, 6.07) is 4.72. The van der Waals surface area contributed by atoms with Gasteiger partial charge in [0.1, 0.15) is 18.0 Å². The molecule has 0 fully saturated rings. The Morgan fingerprint density at radius 1 is 1.10 bits per heavy atom. The molecule has 0 spiro atoms. The molecule has 5 nitrogen and oxygen atoms in total. The van der Waals surface area contributed by atoms with E-state index in [-0.39, 0.29) is 0 Å². The summed E-state index contributed by atoms with van der Waals surface area (Å²) in [4.78, 5) is 8.07. The number of nitrogens with zero attached hydrogens (tertiary/aromatic N) is 2. The maximum Gasteiger partial charge on any atom is 0.416 e. The summed E-state index contributed by atoms with van der Waals surface area (Å²) < 4.78 is 37.5. The van der Waals surface area contributed by atoms with Gasteiger partial charge in [-0.15, -0.1) is 0 Å². The van der Waals surface area contributed by atoms with Gasteiger partial charge in [0.05, 0.1) is 5.56 Å². The van der Waals surface area contributed by atoms with Gasteiger partial charge in [-0.25, -0.2) is 15.8 Å². The molecule has 8 heteroatoms. The Bertz CT molecular complexity index is 610. The van der Waals surface area contributed by atoms with Gasteiger partial charge in [-0.2, -0.15) is 13.2 Å². The molecule has 0 amide bonds. The number of alkyl halides is 3. The van der Waals surface area contributed by atoms with Crippen LogP contribution in [0.15, 0.2) is 30.6 Å². The van der Waals surface area contributed by atoms with E-state index in [1.807, 2.05) is 6.92 Å². The predicted molar refractivity (Wildman–Crippen MR) is 73.9 cm³/mol. The molecule has 112 valence electrons. The van der Waals surface area contributed by atoms with E-state index in [9.17, 15) is 13.2 Å². The summed E-state index contributed by atoms with van der Waals surface area (Å²) in [5, 5.41) is 2.96. The van der Waals surface area contributed by atoms with Crippen LogP contribution in [0.25, 0.3) is 0 Å². The third-order valence-corrected chi connectivity index (χ3v) is 2.91. The van der Waals surface area contributed by atoms with Crippen molar-refractivity contribution in [3.05, 3.63) is 41.7 Å². The van der Waals surface area contributed by atoms with Crippen molar-refractivity contribution in [1.29, 1.82) is 0 Å². The minimum Gasteiger partial charge on any atom is -0.340 e. The van der Waals surface area contributed by atoms with Gasteiger partial charge >= 0.3 is 6.18 Å². The lowest BCUT2D eigenvalue weighted by Gasteiger charge is -2.13. The number of hydrogen-bond acceptors (Lipinski definition) is 5. The zero-order chi connectivity index (χ0) is 15.5. The fourth-order valence-electron chi connectivity index (χ4n) is 1.86. The molecule has 0 aliphatic rings. The second kappa shape index (κ2) is 5.96. The molecule has 0 atom stereocenters. The molecule has 1 aromatic heterocycles. The number of nitrogen functional groups attached to an aromatic ring is 1. The first-order valence-corrected chi connectivity index (χ1v) is 6.20. The zero-order valence-corrected chi connectivity index (χ0v) is 11.2. The smallest absolute Gasteiger partial charge is 0.340 e. The lowest BCUT2D eigenvalue weighted by molar-refractivity contribution is -0.137. The second-order valence-corrected chi connectivity index (χ2v) is 4.25. The van der Waals surface area contributed by atoms with Crippen LogP contribution in [0.3, 0.4) is 0 Å². The molecule has 1 heterocycles. The third kappa shape index (κ3) is 3.40. The number of hydrogen-bond donors (Lipinski definition) is 3. The highest BCUT2D eigenvalue weighted by atomic mass is 19.4. The Morgan fingerprint density at radius 2 is 1.71 bits per heavy atom. The molecule has 0 radical (unpaired) electrons. The van der Waals surface area contributed by atoms with Gasteiger partial charge in [0, 0.05) is 11.3 Å². The van der Waals surface area contributed by atoms with Crippen LogP contribution in [-0.2, 0) is 12.6 Å². The van der Waals surface area contributed by atoms with E-state index >= 15 is 0 Å². The van der Waals surface area contributed by atoms with Gasteiger partial charge in [-0.3, -0.25) is 0 Å². The second-order valence-electron chi connectivity index (χ2n) is 4.25. The third-order valence-electron chi connectivity index (χ3n) is 2.91. The molecule has 1 aromatic carbocycles. The van der Waals surface area contributed by atoms with Crippen LogP contribution < -0.4 is 16.6 Å². The monoisotopic (exact) mass is 297 g/mol. The highest BCUT2D eigenvalue weighted by Crippen LogP contribution is 2.30. The highest BCUT2D eigenvalue weighted by molar-refractivity contribution is 5.64. The fourth-order valence-corrected chi connectivity index (χ4v) is 1.86. The SMILES string of the molecule is CCc1c(NN)ncnc1Nc1ccc(C(F)(F)F)cc1. The van der Waals surface area contributed by atoms with Crippen molar-refractivity contribution < 1.29 is 13.2 Å². The van der Waals surface area contributed by atoms with E-state index in [0.717, 1.165) is 17.7 Å². The number of nitrogens with two attached hydrogens (primary N) is 1. The molecule has 21 heavy (non-hydrogen) atoms. The van der Waals surface area contributed by atoms with Crippen molar-refractivity contribution in [3.8, 4) is 0 Å². The summed E-state index contributed by atoms with van der Waals surface area (Å²) in [5.41, 5.74) is 3.01. The van der Waals surface area contributed by atoms with Crippen LogP contribution >= 0.6 is 0 Å². The maximum absolute atomic E-state index is 12.5. The summed E-state index contributed by atoms with van der Waals surface area (Å²) >= 11 is 0. The van der Waals surface area contributed by atoms with Crippen molar-refractivity contribution in [3.63, 3.8) is 0 Å². The van der Waals surface area contributed by atoms with Crippen LogP contribution in [0.1, 0.15) is 18.1 Å². The summed E-state index contributed by atoms with van der Waals surface area (Å²) in [7, 11) is 0. The van der Waals surface area contributed by atoms with E-state index in [0.29, 0.717) is 23.7 Å². The molecule has 0 aliphatic heterocycles. The molecule has 2 aromatic rings. The largest absolute Gasteiger partial charge is 0.416 e. The fraction of sp³-hybridized carbons (Fsp3) is 0.231. The molecule has 0 aliphatic carbocycles. The Hall–Kier alpha value is -2.35. The van der Waals surface area contributed by atoms with Crippen LogP contribution in [0, 0.1) is 0 Å². The van der Waals surface area contributed by atoms with Gasteiger partial charge < -0.3 is 10.7 Å². The molecule has 0 unspecified atom stereocenters. The van der Waals surface area contributed by atoms with Crippen molar-refractivity contribution in [2.45, 2.75) is 19.5 Å². The number of aromatic nitrogens is 2. The minimum atomic E-state index is -4.35. The Balaban J connectivity index is 2.26. The number of rotatable bonds is 4. The molecule has 0 saturated heterocycles. The normalized spacial score (nSPS) is 11.3. The number of benzene rings is 1. The minimum absolute atomic E-state index is 0.474. The number of anilines is 3. The van der Waals surface area contributed by atoms with Gasteiger partial charge in [-0.1, -0.05) is 6.92 Å². The lowest BCUT2D eigenvalue weighted by Crippen LogP contribution is -2.13. The highest BCUT2D eigenvalue weighted by Gasteiger charge is 2.29. The first-order valence-electron chi connectivity index (χ1n) is 6.20. The van der Waals surface area contributed by atoms with Gasteiger partial charge in [0.25, 0.3) is 0 Å². The van der Waals surface area contributed by atoms with Gasteiger partial charge in [0.2, 0.25) is 0 Å². The average Bonchev–Trinajstić information content (AvgIpc) is 2.46. The maximum atomic E-state index is 12.5. The van der Waals surface area contributed by atoms with Gasteiger partial charge in [0.15, 0.2) is 0 Å². The average molecular weight is 297 g/mol. The Morgan fingerprint density at radius 3 is 2.24 bits per heavy atom. The lowest BCUT2D eigenvalue weighted by atomic mass is 10.2. The quantitative estimate of drug-likeness (QED) is 0.597. The standard InChI is InChI=1S/C13H14F3N5/c1-2-10-11(18-7-19-12(10)21-17)20-9-5-3-8(4-6-9)13(14,15)16/h3-7H,2,17H2,1H3,(H2,18,19,20,21).